The number of benzene rings is 2. The Labute approximate surface area is 109 Å². The molecule has 1 heterocycles. The molecule has 2 aromatic carbocycles. The van der Waals surface area contributed by atoms with Gasteiger partial charge in [-0.25, -0.2) is 4.39 Å². The summed E-state index contributed by atoms with van der Waals surface area (Å²) in [6.45, 7) is 0. The highest BCUT2D eigenvalue weighted by molar-refractivity contribution is 6.35. The van der Waals surface area contributed by atoms with Crippen molar-refractivity contribution >= 4 is 22.5 Å². The fourth-order valence-corrected chi connectivity index (χ4v) is 2.21. The first-order valence-electron chi connectivity index (χ1n) is 5.46. The summed E-state index contributed by atoms with van der Waals surface area (Å²) in [5, 5.41) is 1.40. The SMILES string of the molecule is Fc1ccc[c]c1-c1cc(Cl)c2ncccc2c1. The van der Waals surface area contributed by atoms with Crippen molar-refractivity contribution < 1.29 is 4.39 Å². The molecule has 1 nitrogen and oxygen atoms in total. The van der Waals surface area contributed by atoms with E-state index in [2.05, 4.69) is 11.1 Å². The molecule has 0 saturated carbocycles. The van der Waals surface area contributed by atoms with Crippen molar-refractivity contribution in [3.05, 3.63) is 65.6 Å². The summed E-state index contributed by atoms with van der Waals surface area (Å²) < 4.78 is 13.7. The van der Waals surface area contributed by atoms with E-state index in [4.69, 9.17) is 11.6 Å². The molecule has 0 saturated heterocycles. The van der Waals surface area contributed by atoms with Crippen LogP contribution in [0.15, 0.2) is 48.7 Å². The van der Waals surface area contributed by atoms with Crippen molar-refractivity contribution in [2.45, 2.75) is 0 Å². The number of fused-ring (bicyclic) bond motifs is 1. The number of hydrogen-bond acceptors (Lipinski definition) is 1. The Bertz CT molecular complexity index is 725. The van der Waals surface area contributed by atoms with Crippen molar-refractivity contribution in [3.63, 3.8) is 0 Å². The Balaban J connectivity index is 2.28. The van der Waals surface area contributed by atoms with Crippen LogP contribution in [0.4, 0.5) is 4.39 Å². The van der Waals surface area contributed by atoms with E-state index in [1.165, 1.54) is 6.07 Å². The van der Waals surface area contributed by atoms with Crippen LogP contribution in [0.25, 0.3) is 22.0 Å². The Morgan fingerprint density at radius 3 is 2.89 bits per heavy atom. The molecule has 0 unspecified atom stereocenters. The Kier molecular flexibility index (Phi) is 2.73. The first-order valence-corrected chi connectivity index (χ1v) is 5.84. The van der Waals surface area contributed by atoms with Crippen LogP contribution in [0.3, 0.4) is 0 Å². The van der Waals surface area contributed by atoms with E-state index in [1.807, 2.05) is 18.2 Å². The van der Waals surface area contributed by atoms with Gasteiger partial charge in [-0.3, -0.25) is 4.98 Å². The summed E-state index contributed by atoms with van der Waals surface area (Å²) in [4.78, 5) is 4.20. The van der Waals surface area contributed by atoms with Crippen molar-refractivity contribution in [1.82, 2.24) is 4.98 Å². The second-order valence-corrected chi connectivity index (χ2v) is 4.33. The van der Waals surface area contributed by atoms with Gasteiger partial charge in [-0.15, -0.1) is 0 Å². The summed E-state index contributed by atoms with van der Waals surface area (Å²) >= 11 is 6.17. The number of rotatable bonds is 1. The van der Waals surface area contributed by atoms with Gasteiger partial charge in [0.2, 0.25) is 0 Å². The Morgan fingerprint density at radius 2 is 2.06 bits per heavy atom. The lowest BCUT2D eigenvalue weighted by Gasteiger charge is -2.06. The molecule has 0 spiro atoms. The third-order valence-corrected chi connectivity index (χ3v) is 3.04. The van der Waals surface area contributed by atoms with Crippen LogP contribution in [-0.2, 0) is 0 Å². The molecule has 0 aliphatic rings. The van der Waals surface area contributed by atoms with Gasteiger partial charge in [0.1, 0.15) is 5.82 Å². The molecule has 0 amide bonds. The maximum atomic E-state index is 13.7. The topological polar surface area (TPSA) is 12.9 Å². The van der Waals surface area contributed by atoms with E-state index in [9.17, 15) is 4.39 Å². The number of aromatic nitrogens is 1. The van der Waals surface area contributed by atoms with Crippen molar-refractivity contribution in [2.75, 3.05) is 0 Å². The second-order valence-electron chi connectivity index (χ2n) is 3.93. The number of pyridine rings is 1. The molecule has 1 radical (unpaired) electrons. The minimum Gasteiger partial charge on any atom is -0.255 e. The van der Waals surface area contributed by atoms with Crippen LogP contribution in [0, 0.1) is 11.9 Å². The molecule has 0 N–H and O–H groups in total. The zero-order valence-electron chi connectivity index (χ0n) is 9.32. The average molecular weight is 257 g/mol. The summed E-state index contributed by atoms with van der Waals surface area (Å²) in [7, 11) is 0. The molecule has 0 fully saturated rings. The van der Waals surface area contributed by atoms with Gasteiger partial charge in [-0.1, -0.05) is 29.8 Å². The Hall–Kier alpha value is -1.93. The van der Waals surface area contributed by atoms with Gasteiger partial charge in [0.25, 0.3) is 0 Å². The fraction of sp³-hybridized carbons (Fsp3) is 0. The first kappa shape index (κ1) is 11.2. The van der Waals surface area contributed by atoms with Gasteiger partial charge >= 0.3 is 0 Å². The molecule has 0 aliphatic carbocycles. The highest BCUT2D eigenvalue weighted by Crippen LogP contribution is 2.30. The summed E-state index contributed by atoms with van der Waals surface area (Å²) in [6.07, 6.45) is 1.68. The van der Waals surface area contributed by atoms with Gasteiger partial charge in [-0.05, 0) is 35.9 Å². The zero-order chi connectivity index (χ0) is 12.5. The molecule has 0 bridgehead atoms. The predicted octanol–water partition coefficient (Wildman–Crippen LogP) is 4.49. The lowest BCUT2D eigenvalue weighted by molar-refractivity contribution is 0.631. The molecule has 3 heteroatoms. The minimum absolute atomic E-state index is 0.309. The third kappa shape index (κ3) is 1.85. The first-order chi connectivity index (χ1) is 8.75. The maximum Gasteiger partial charge on any atom is 0.131 e. The molecule has 0 atom stereocenters. The second kappa shape index (κ2) is 4.39. The summed E-state index contributed by atoms with van der Waals surface area (Å²) in [6, 6.07) is 14.9. The van der Waals surface area contributed by atoms with Crippen molar-refractivity contribution in [1.29, 1.82) is 0 Å². The van der Waals surface area contributed by atoms with Crippen molar-refractivity contribution in [2.24, 2.45) is 0 Å². The van der Waals surface area contributed by atoms with E-state index in [0.29, 0.717) is 16.1 Å². The molecule has 18 heavy (non-hydrogen) atoms. The molecular weight excluding hydrogens is 249 g/mol. The van der Waals surface area contributed by atoms with E-state index in [0.717, 1.165) is 10.9 Å². The number of halogens is 2. The summed E-state index contributed by atoms with van der Waals surface area (Å²) in [5.41, 5.74) is 1.85. The number of hydrogen-bond donors (Lipinski definition) is 0. The lowest BCUT2D eigenvalue weighted by atomic mass is 10.0. The van der Waals surface area contributed by atoms with Crippen LogP contribution in [0.5, 0.6) is 0 Å². The van der Waals surface area contributed by atoms with Gasteiger partial charge in [0.15, 0.2) is 0 Å². The Morgan fingerprint density at radius 1 is 1.17 bits per heavy atom. The van der Waals surface area contributed by atoms with Crippen LogP contribution < -0.4 is 0 Å². The lowest BCUT2D eigenvalue weighted by Crippen LogP contribution is -1.86. The molecule has 1 aromatic heterocycles. The molecule has 3 rings (SSSR count). The van der Waals surface area contributed by atoms with Crippen LogP contribution in [-0.4, -0.2) is 4.98 Å². The molecular formula is C15H8ClFN. The normalized spacial score (nSPS) is 10.8. The van der Waals surface area contributed by atoms with Gasteiger partial charge in [0, 0.05) is 17.1 Å². The van der Waals surface area contributed by atoms with Gasteiger partial charge in [0.05, 0.1) is 10.5 Å². The molecule has 3 aromatic rings. The minimum atomic E-state index is -0.309. The van der Waals surface area contributed by atoms with E-state index in [-0.39, 0.29) is 5.82 Å². The van der Waals surface area contributed by atoms with Crippen LogP contribution in [0.1, 0.15) is 0 Å². The fourth-order valence-electron chi connectivity index (χ4n) is 1.93. The average Bonchev–Trinajstić information content (AvgIpc) is 2.39. The van der Waals surface area contributed by atoms with Crippen molar-refractivity contribution in [3.8, 4) is 11.1 Å². The monoisotopic (exact) mass is 256 g/mol. The van der Waals surface area contributed by atoms with E-state index in [1.54, 1.807) is 24.4 Å². The van der Waals surface area contributed by atoms with Crippen LogP contribution >= 0.6 is 11.6 Å². The predicted molar refractivity (Wildman–Crippen MR) is 71.0 cm³/mol. The molecule has 0 aliphatic heterocycles. The van der Waals surface area contributed by atoms with E-state index < -0.39 is 0 Å². The smallest absolute Gasteiger partial charge is 0.131 e. The maximum absolute atomic E-state index is 13.7. The van der Waals surface area contributed by atoms with Crippen LogP contribution in [0.2, 0.25) is 5.02 Å². The largest absolute Gasteiger partial charge is 0.255 e. The zero-order valence-corrected chi connectivity index (χ0v) is 10.1. The third-order valence-electron chi connectivity index (χ3n) is 2.75. The number of nitrogens with zero attached hydrogens (tertiary/aromatic N) is 1. The quantitative estimate of drug-likeness (QED) is 0.625. The van der Waals surface area contributed by atoms with Gasteiger partial charge in [-0.2, -0.15) is 0 Å². The van der Waals surface area contributed by atoms with E-state index >= 15 is 0 Å². The molecule has 87 valence electrons. The highest BCUT2D eigenvalue weighted by atomic mass is 35.5. The standard InChI is InChI=1S/C15H8ClFN/c16-13-9-11(12-5-1-2-6-14(12)17)8-10-4-3-7-18-15(10)13/h1-4,6-9H. The van der Waals surface area contributed by atoms with Gasteiger partial charge < -0.3 is 0 Å². The summed E-state index contributed by atoms with van der Waals surface area (Å²) in [5.74, 6) is -0.309. The highest BCUT2D eigenvalue weighted by Gasteiger charge is 2.08.